The van der Waals surface area contributed by atoms with Crippen molar-refractivity contribution in [2.24, 2.45) is 0 Å². The summed E-state index contributed by atoms with van der Waals surface area (Å²) in [6, 6.07) is -0.200. The molecule has 0 bridgehead atoms. The Balaban J connectivity index is 2.46. The quantitative estimate of drug-likeness (QED) is 0.610. The van der Waals surface area contributed by atoms with Gasteiger partial charge in [0, 0.05) is 39.3 Å². The van der Waals surface area contributed by atoms with Crippen molar-refractivity contribution in [3.05, 3.63) is 0 Å². The summed E-state index contributed by atoms with van der Waals surface area (Å²) in [6.07, 6.45) is 1.51. The highest BCUT2D eigenvalue weighted by molar-refractivity contribution is 5.81. The molecule has 1 heterocycles. The summed E-state index contributed by atoms with van der Waals surface area (Å²) in [5.41, 5.74) is 0. The molecule has 1 aliphatic rings. The average molecular weight is 302 g/mol. The van der Waals surface area contributed by atoms with E-state index < -0.39 is 0 Å². The van der Waals surface area contributed by atoms with Gasteiger partial charge in [-0.05, 0) is 20.3 Å². The summed E-state index contributed by atoms with van der Waals surface area (Å²) in [4.78, 5) is 14.3. The SMILES string of the molecule is CCCNC(=O)C1COCCN1CCC(OCC)OCC. The molecule has 1 unspecified atom stereocenters. The molecule has 0 spiro atoms. The fourth-order valence-corrected chi connectivity index (χ4v) is 2.37. The van der Waals surface area contributed by atoms with E-state index in [0.717, 1.165) is 25.9 Å². The molecule has 1 rings (SSSR count). The van der Waals surface area contributed by atoms with Crippen LogP contribution < -0.4 is 5.32 Å². The van der Waals surface area contributed by atoms with Gasteiger partial charge in [0.2, 0.25) is 5.91 Å². The van der Waals surface area contributed by atoms with Gasteiger partial charge in [-0.2, -0.15) is 0 Å². The van der Waals surface area contributed by atoms with Gasteiger partial charge in [0.25, 0.3) is 0 Å². The fraction of sp³-hybridized carbons (Fsp3) is 0.933. The zero-order valence-electron chi connectivity index (χ0n) is 13.6. The van der Waals surface area contributed by atoms with Gasteiger partial charge in [0.15, 0.2) is 6.29 Å². The van der Waals surface area contributed by atoms with Crippen molar-refractivity contribution in [1.29, 1.82) is 0 Å². The molecule has 0 aromatic carbocycles. The molecule has 1 amide bonds. The lowest BCUT2D eigenvalue weighted by Gasteiger charge is -2.35. The van der Waals surface area contributed by atoms with E-state index in [2.05, 4.69) is 10.2 Å². The molecule has 21 heavy (non-hydrogen) atoms. The summed E-state index contributed by atoms with van der Waals surface area (Å²) in [6.45, 7) is 10.6. The first-order valence-electron chi connectivity index (χ1n) is 8.05. The number of nitrogens with one attached hydrogen (secondary N) is 1. The van der Waals surface area contributed by atoms with Gasteiger partial charge in [0.05, 0.1) is 13.2 Å². The van der Waals surface area contributed by atoms with Gasteiger partial charge in [-0.1, -0.05) is 6.92 Å². The van der Waals surface area contributed by atoms with Gasteiger partial charge in [-0.3, -0.25) is 9.69 Å². The highest BCUT2D eigenvalue weighted by Crippen LogP contribution is 2.11. The van der Waals surface area contributed by atoms with Crippen molar-refractivity contribution in [1.82, 2.24) is 10.2 Å². The Labute approximate surface area is 128 Å². The van der Waals surface area contributed by atoms with Gasteiger partial charge in [-0.15, -0.1) is 0 Å². The van der Waals surface area contributed by atoms with Crippen LogP contribution in [0.1, 0.15) is 33.6 Å². The summed E-state index contributed by atoms with van der Waals surface area (Å²) in [5.74, 6) is 0.0564. The molecule has 1 fully saturated rings. The maximum absolute atomic E-state index is 12.2. The first-order chi connectivity index (χ1) is 10.2. The topological polar surface area (TPSA) is 60.0 Å². The molecule has 6 heteroatoms. The third-order valence-electron chi connectivity index (χ3n) is 3.45. The molecule has 0 radical (unpaired) electrons. The number of hydrogen-bond acceptors (Lipinski definition) is 5. The molecule has 0 aliphatic carbocycles. The van der Waals surface area contributed by atoms with Crippen LogP contribution in [0.4, 0.5) is 0 Å². The number of carbonyl (C=O) groups excluding carboxylic acids is 1. The van der Waals surface area contributed by atoms with Gasteiger partial charge in [-0.25, -0.2) is 0 Å². The minimum atomic E-state index is -0.200. The third-order valence-corrected chi connectivity index (χ3v) is 3.45. The summed E-state index contributed by atoms with van der Waals surface area (Å²) in [5, 5.41) is 2.95. The number of carbonyl (C=O) groups is 1. The summed E-state index contributed by atoms with van der Waals surface area (Å²) < 4.78 is 16.6. The van der Waals surface area contributed by atoms with Crippen LogP contribution in [0.5, 0.6) is 0 Å². The Hall–Kier alpha value is -0.690. The summed E-state index contributed by atoms with van der Waals surface area (Å²) in [7, 11) is 0. The molecule has 1 aliphatic heterocycles. The van der Waals surface area contributed by atoms with Crippen LogP contribution in [0.3, 0.4) is 0 Å². The minimum absolute atomic E-state index is 0.0564. The Bertz CT molecular complexity index is 283. The second-order valence-corrected chi connectivity index (χ2v) is 5.05. The first-order valence-corrected chi connectivity index (χ1v) is 8.05. The van der Waals surface area contributed by atoms with E-state index in [0.29, 0.717) is 33.0 Å². The second kappa shape index (κ2) is 11.0. The van der Waals surface area contributed by atoms with Crippen LogP contribution in [0, 0.1) is 0 Å². The van der Waals surface area contributed by atoms with Crippen molar-refractivity contribution in [2.75, 3.05) is 46.1 Å². The average Bonchev–Trinajstić information content (AvgIpc) is 2.51. The molecule has 6 nitrogen and oxygen atoms in total. The Morgan fingerprint density at radius 1 is 1.33 bits per heavy atom. The second-order valence-electron chi connectivity index (χ2n) is 5.05. The number of amides is 1. The Morgan fingerprint density at radius 3 is 2.67 bits per heavy atom. The van der Waals surface area contributed by atoms with Crippen molar-refractivity contribution < 1.29 is 19.0 Å². The lowest BCUT2D eigenvalue weighted by atomic mass is 10.2. The zero-order chi connectivity index (χ0) is 15.5. The van der Waals surface area contributed by atoms with E-state index >= 15 is 0 Å². The predicted molar refractivity (Wildman–Crippen MR) is 81.1 cm³/mol. The smallest absolute Gasteiger partial charge is 0.239 e. The predicted octanol–water partition coefficient (Wildman–Crippen LogP) is 1.00. The van der Waals surface area contributed by atoms with Crippen LogP contribution in [0.2, 0.25) is 0 Å². The highest BCUT2D eigenvalue weighted by Gasteiger charge is 2.29. The van der Waals surface area contributed by atoms with Gasteiger partial charge < -0.3 is 19.5 Å². The van der Waals surface area contributed by atoms with Crippen LogP contribution >= 0.6 is 0 Å². The first kappa shape index (κ1) is 18.4. The minimum Gasteiger partial charge on any atom is -0.378 e. The summed E-state index contributed by atoms with van der Waals surface area (Å²) >= 11 is 0. The molecule has 1 atom stereocenters. The standard InChI is InChI=1S/C15H30N2O4/c1-4-8-16-15(18)13-12-19-11-10-17(13)9-7-14(20-5-2)21-6-3/h13-14H,4-12H2,1-3H3,(H,16,18). The number of nitrogens with zero attached hydrogens (tertiary/aromatic N) is 1. The largest absolute Gasteiger partial charge is 0.378 e. The molecule has 0 saturated carbocycles. The Kier molecular flexibility index (Phi) is 9.58. The number of rotatable bonds is 10. The maximum Gasteiger partial charge on any atom is 0.239 e. The molecular formula is C15H30N2O4. The molecule has 124 valence electrons. The maximum atomic E-state index is 12.2. The fourth-order valence-electron chi connectivity index (χ4n) is 2.37. The molecular weight excluding hydrogens is 272 g/mol. The molecule has 0 aromatic heterocycles. The van der Waals surface area contributed by atoms with Gasteiger partial charge >= 0.3 is 0 Å². The van der Waals surface area contributed by atoms with E-state index in [1.54, 1.807) is 0 Å². The van der Waals surface area contributed by atoms with E-state index in [-0.39, 0.29) is 18.2 Å². The van der Waals surface area contributed by atoms with Crippen molar-refractivity contribution in [3.8, 4) is 0 Å². The van der Waals surface area contributed by atoms with Crippen molar-refractivity contribution in [2.45, 2.75) is 45.9 Å². The normalized spacial score (nSPS) is 19.9. The van der Waals surface area contributed by atoms with Crippen molar-refractivity contribution >= 4 is 5.91 Å². The van der Waals surface area contributed by atoms with E-state index in [1.807, 2.05) is 20.8 Å². The number of hydrogen-bond donors (Lipinski definition) is 1. The van der Waals surface area contributed by atoms with E-state index in [1.165, 1.54) is 0 Å². The van der Waals surface area contributed by atoms with Gasteiger partial charge in [0.1, 0.15) is 6.04 Å². The molecule has 1 N–H and O–H groups in total. The van der Waals surface area contributed by atoms with E-state index in [9.17, 15) is 4.79 Å². The third kappa shape index (κ3) is 6.74. The van der Waals surface area contributed by atoms with Crippen LogP contribution in [-0.2, 0) is 19.0 Å². The lowest BCUT2D eigenvalue weighted by molar-refractivity contribution is -0.148. The van der Waals surface area contributed by atoms with Crippen LogP contribution in [0.25, 0.3) is 0 Å². The number of morpholine rings is 1. The highest BCUT2D eigenvalue weighted by atomic mass is 16.7. The Morgan fingerprint density at radius 2 is 2.05 bits per heavy atom. The monoisotopic (exact) mass is 302 g/mol. The van der Waals surface area contributed by atoms with Crippen LogP contribution in [0.15, 0.2) is 0 Å². The van der Waals surface area contributed by atoms with Crippen molar-refractivity contribution in [3.63, 3.8) is 0 Å². The molecule has 1 saturated heterocycles. The lowest BCUT2D eigenvalue weighted by Crippen LogP contribution is -2.54. The number of ether oxygens (including phenoxy) is 3. The molecule has 0 aromatic rings. The zero-order valence-corrected chi connectivity index (χ0v) is 13.6. The van der Waals surface area contributed by atoms with Crippen LogP contribution in [-0.4, -0.2) is 69.2 Å². The van der Waals surface area contributed by atoms with E-state index in [4.69, 9.17) is 14.2 Å².